The Morgan fingerprint density at radius 1 is 1.08 bits per heavy atom. The topological polar surface area (TPSA) is 66.5 Å². The van der Waals surface area contributed by atoms with Gasteiger partial charge in [0.1, 0.15) is 0 Å². The van der Waals surface area contributed by atoms with Crippen molar-refractivity contribution in [3.63, 3.8) is 0 Å². The lowest BCUT2D eigenvalue weighted by atomic mass is 10.1. The van der Waals surface area contributed by atoms with Gasteiger partial charge in [-0.25, -0.2) is 8.42 Å². The molecule has 7 heteroatoms. The van der Waals surface area contributed by atoms with Crippen LogP contribution in [0.2, 0.25) is 5.02 Å². The molecule has 2 aromatic carbocycles. The molecule has 0 saturated heterocycles. The number of rotatable bonds is 8. The molecule has 0 unspecified atom stereocenters. The van der Waals surface area contributed by atoms with Crippen LogP contribution in [0.25, 0.3) is 0 Å². The molecular weight excluding hydrogens is 372 g/mol. The molecule has 1 N–H and O–H groups in total. The van der Waals surface area contributed by atoms with Gasteiger partial charge in [0.05, 0.1) is 11.9 Å². The van der Waals surface area contributed by atoms with E-state index in [0.29, 0.717) is 23.7 Å². The van der Waals surface area contributed by atoms with Gasteiger partial charge in [-0.2, -0.15) is 0 Å². The molecule has 26 heavy (non-hydrogen) atoms. The van der Waals surface area contributed by atoms with E-state index >= 15 is 0 Å². The summed E-state index contributed by atoms with van der Waals surface area (Å²) in [6, 6.07) is 14.5. The van der Waals surface area contributed by atoms with Crippen LogP contribution in [-0.2, 0) is 21.4 Å². The Bertz CT molecular complexity index is 834. The van der Waals surface area contributed by atoms with Crippen molar-refractivity contribution in [2.45, 2.75) is 26.3 Å². The first-order valence-electron chi connectivity index (χ1n) is 8.31. The second kappa shape index (κ2) is 9.05. The lowest BCUT2D eigenvalue weighted by molar-refractivity contribution is -0.121. The minimum Gasteiger partial charge on any atom is -0.352 e. The first kappa shape index (κ1) is 20.3. The van der Waals surface area contributed by atoms with E-state index in [1.165, 1.54) is 9.87 Å². The first-order valence-corrected chi connectivity index (χ1v) is 10.5. The number of nitrogens with zero attached hydrogens (tertiary/aromatic N) is 1. The van der Waals surface area contributed by atoms with E-state index in [2.05, 4.69) is 5.32 Å². The number of anilines is 1. The van der Waals surface area contributed by atoms with Gasteiger partial charge in [-0.05, 0) is 43.2 Å². The molecule has 0 bridgehead atoms. The Kier molecular flexibility index (Phi) is 7.06. The van der Waals surface area contributed by atoms with E-state index in [9.17, 15) is 13.2 Å². The molecule has 0 saturated carbocycles. The van der Waals surface area contributed by atoms with E-state index in [1.54, 1.807) is 24.3 Å². The lowest BCUT2D eigenvalue weighted by Gasteiger charge is -2.22. The van der Waals surface area contributed by atoms with Crippen molar-refractivity contribution in [1.29, 1.82) is 0 Å². The van der Waals surface area contributed by atoms with Gasteiger partial charge in [0.15, 0.2) is 0 Å². The van der Waals surface area contributed by atoms with Crippen LogP contribution in [0, 0.1) is 6.92 Å². The standard InChI is InChI=1S/C19H23ClN2O3S/c1-15-5-7-16(8-6-15)14-21-19(23)4-3-13-22(26(2,24)25)18-11-9-17(20)10-12-18/h5-12H,3-4,13-14H2,1-2H3,(H,21,23). The number of amides is 1. The van der Waals surface area contributed by atoms with Crippen LogP contribution >= 0.6 is 11.6 Å². The zero-order valence-corrected chi connectivity index (χ0v) is 16.5. The van der Waals surface area contributed by atoms with E-state index in [-0.39, 0.29) is 18.9 Å². The maximum atomic E-state index is 12.0. The number of aryl methyl sites for hydroxylation is 1. The molecule has 140 valence electrons. The zero-order valence-electron chi connectivity index (χ0n) is 14.9. The monoisotopic (exact) mass is 394 g/mol. The number of benzene rings is 2. The van der Waals surface area contributed by atoms with Gasteiger partial charge in [0.2, 0.25) is 15.9 Å². The van der Waals surface area contributed by atoms with Gasteiger partial charge in [-0.1, -0.05) is 41.4 Å². The predicted octanol–water partition coefficient (Wildman–Crippen LogP) is 3.51. The summed E-state index contributed by atoms with van der Waals surface area (Å²) in [6.07, 6.45) is 1.83. The number of sulfonamides is 1. The number of carbonyl (C=O) groups is 1. The smallest absolute Gasteiger partial charge is 0.232 e. The van der Waals surface area contributed by atoms with Crippen LogP contribution in [0.15, 0.2) is 48.5 Å². The molecule has 0 radical (unpaired) electrons. The number of hydrogen-bond donors (Lipinski definition) is 1. The minimum absolute atomic E-state index is 0.102. The number of halogens is 1. The predicted molar refractivity (Wildman–Crippen MR) is 106 cm³/mol. The van der Waals surface area contributed by atoms with Gasteiger partial charge in [0, 0.05) is 24.5 Å². The molecule has 0 atom stereocenters. The average Bonchev–Trinajstić information content (AvgIpc) is 2.58. The minimum atomic E-state index is -3.43. The molecule has 0 fully saturated rings. The molecular formula is C19H23ClN2O3S. The highest BCUT2D eigenvalue weighted by Gasteiger charge is 2.17. The molecule has 0 aliphatic heterocycles. The molecule has 0 heterocycles. The molecule has 0 aliphatic carbocycles. The second-order valence-corrected chi connectivity index (χ2v) is 8.52. The van der Waals surface area contributed by atoms with Crippen molar-refractivity contribution in [1.82, 2.24) is 5.32 Å². The van der Waals surface area contributed by atoms with Gasteiger partial charge in [-0.15, -0.1) is 0 Å². The average molecular weight is 395 g/mol. The summed E-state index contributed by atoms with van der Waals surface area (Å²) in [7, 11) is -3.43. The van der Waals surface area contributed by atoms with E-state index in [1.807, 2.05) is 31.2 Å². The SMILES string of the molecule is Cc1ccc(CNC(=O)CCCN(c2ccc(Cl)cc2)S(C)(=O)=O)cc1. The summed E-state index contributed by atoms with van der Waals surface area (Å²) in [5.74, 6) is -0.102. The van der Waals surface area contributed by atoms with E-state index < -0.39 is 10.0 Å². The molecule has 0 spiro atoms. The summed E-state index contributed by atoms with van der Waals surface area (Å²) in [4.78, 5) is 12.0. The highest BCUT2D eigenvalue weighted by molar-refractivity contribution is 7.92. The molecule has 2 aromatic rings. The highest BCUT2D eigenvalue weighted by atomic mass is 35.5. The largest absolute Gasteiger partial charge is 0.352 e. The number of carbonyl (C=O) groups excluding carboxylic acids is 1. The fraction of sp³-hybridized carbons (Fsp3) is 0.316. The summed E-state index contributed by atoms with van der Waals surface area (Å²) < 4.78 is 25.3. The first-order chi connectivity index (χ1) is 12.3. The third-order valence-corrected chi connectivity index (χ3v) is 5.34. The van der Waals surface area contributed by atoms with Crippen molar-refractivity contribution < 1.29 is 13.2 Å². The van der Waals surface area contributed by atoms with Crippen molar-refractivity contribution in [3.8, 4) is 0 Å². The van der Waals surface area contributed by atoms with Crippen LogP contribution in [0.5, 0.6) is 0 Å². The van der Waals surface area contributed by atoms with Crippen molar-refractivity contribution in [3.05, 3.63) is 64.7 Å². The van der Waals surface area contributed by atoms with Gasteiger partial charge in [-0.3, -0.25) is 9.10 Å². The van der Waals surface area contributed by atoms with E-state index in [0.717, 1.165) is 11.8 Å². The quantitative estimate of drug-likeness (QED) is 0.745. The molecule has 1 amide bonds. The third-order valence-electron chi connectivity index (χ3n) is 3.89. The Morgan fingerprint density at radius 2 is 1.69 bits per heavy atom. The Morgan fingerprint density at radius 3 is 2.27 bits per heavy atom. The summed E-state index contributed by atoms with van der Waals surface area (Å²) >= 11 is 5.85. The maximum Gasteiger partial charge on any atom is 0.232 e. The van der Waals surface area contributed by atoms with Crippen LogP contribution < -0.4 is 9.62 Å². The van der Waals surface area contributed by atoms with Crippen molar-refractivity contribution in [2.24, 2.45) is 0 Å². The molecule has 0 aromatic heterocycles. The third kappa shape index (κ3) is 6.35. The fourth-order valence-electron chi connectivity index (χ4n) is 2.47. The molecule has 2 rings (SSSR count). The molecule has 5 nitrogen and oxygen atoms in total. The number of hydrogen-bond acceptors (Lipinski definition) is 3. The Hall–Kier alpha value is -2.05. The van der Waals surface area contributed by atoms with Crippen LogP contribution in [0.1, 0.15) is 24.0 Å². The Labute approximate surface area is 160 Å². The maximum absolute atomic E-state index is 12.0. The van der Waals surface area contributed by atoms with Crippen LogP contribution in [0.4, 0.5) is 5.69 Å². The number of nitrogens with one attached hydrogen (secondary N) is 1. The van der Waals surface area contributed by atoms with Gasteiger partial charge >= 0.3 is 0 Å². The highest BCUT2D eigenvalue weighted by Crippen LogP contribution is 2.20. The summed E-state index contributed by atoms with van der Waals surface area (Å²) in [5, 5.41) is 3.39. The Balaban J connectivity index is 1.85. The van der Waals surface area contributed by atoms with E-state index in [4.69, 9.17) is 11.6 Å². The normalized spacial score (nSPS) is 11.2. The van der Waals surface area contributed by atoms with Crippen LogP contribution in [0.3, 0.4) is 0 Å². The zero-order chi connectivity index (χ0) is 19.2. The summed E-state index contributed by atoms with van der Waals surface area (Å²) in [5.41, 5.74) is 2.74. The lowest BCUT2D eigenvalue weighted by Crippen LogP contribution is -2.32. The molecule has 0 aliphatic rings. The van der Waals surface area contributed by atoms with Crippen molar-refractivity contribution >= 4 is 33.2 Å². The van der Waals surface area contributed by atoms with Crippen LogP contribution in [-0.4, -0.2) is 27.1 Å². The second-order valence-electron chi connectivity index (χ2n) is 6.18. The fourth-order valence-corrected chi connectivity index (χ4v) is 3.56. The summed E-state index contributed by atoms with van der Waals surface area (Å²) in [6.45, 7) is 2.71. The van der Waals surface area contributed by atoms with Gasteiger partial charge < -0.3 is 5.32 Å². The van der Waals surface area contributed by atoms with Crippen molar-refractivity contribution in [2.75, 3.05) is 17.1 Å². The van der Waals surface area contributed by atoms with Gasteiger partial charge in [0.25, 0.3) is 0 Å².